The molecule has 3 aliphatic heterocycles. The maximum absolute atomic E-state index is 10.5. The van der Waals surface area contributed by atoms with Crippen LogP contribution >= 0.6 is 0 Å². The molecule has 136 valence electrons. The second-order valence-electron chi connectivity index (χ2n) is 8.19. The summed E-state index contributed by atoms with van der Waals surface area (Å²) in [4.78, 5) is 9.14. The lowest BCUT2D eigenvalue weighted by molar-refractivity contribution is 0.0534. The van der Waals surface area contributed by atoms with Crippen LogP contribution in [-0.4, -0.2) is 47.4 Å². The summed E-state index contributed by atoms with van der Waals surface area (Å²) in [5.74, 6) is 0.968. The number of piperidine rings is 1. The zero-order valence-electron chi connectivity index (χ0n) is 15.0. The first-order valence-corrected chi connectivity index (χ1v) is 9.78. The number of aliphatic hydroxyl groups is 1. The average molecular weight is 351 g/mol. The molecule has 0 radical (unpaired) electrons. The minimum atomic E-state index is -0.959. The highest BCUT2D eigenvalue weighted by atomic mass is 16.3. The summed E-state index contributed by atoms with van der Waals surface area (Å²) in [7, 11) is 0. The summed E-state index contributed by atoms with van der Waals surface area (Å²) in [6, 6.07) is 4.35. The van der Waals surface area contributed by atoms with E-state index >= 15 is 0 Å². The normalized spacial score (nSPS) is 26.5. The Morgan fingerprint density at radius 1 is 1.12 bits per heavy atom. The fourth-order valence-corrected chi connectivity index (χ4v) is 4.80. The SMILES string of the molecule is N#CC1=C(N2CCC3(CCC3)CC2)c2cc(N3CCC3)ncc2NC1O. The van der Waals surface area contributed by atoms with Crippen molar-refractivity contribution in [2.75, 3.05) is 36.4 Å². The number of likely N-dealkylation sites (tertiary alicyclic amines) is 1. The van der Waals surface area contributed by atoms with Crippen molar-refractivity contribution in [3.05, 3.63) is 23.4 Å². The molecule has 2 saturated heterocycles. The Balaban J connectivity index is 1.52. The number of hydrogen-bond acceptors (Lipinski definition) is 6. The van der Waals surface area contributed by atoms with Crippen molar-refractivity contribution >= 4 is 17.2 Å². The van der Waals surface area contributed by atoms with E-state index in [4.69, 9.17) is 0 Å². The zero-order valence-corrected chi connectivity index (χ0v) is 15.0. The van der Waals surface area contributed by atoms with Crippen LogP contribution in [0.15, 0.2) is 17.8 Å². The molecule has 1 saturated carbocycles. The van der Waals surface area contributed by atoms with Crippen molar-refractivity contribution in [1.82, 2.24) is 9.88 Å². The highest BCUT2D eigenvalue weighted by Gasteiger charge is 2.41. The van der Waals surface area contributed by atoms with Crippen molar-refractivity contribution in [2.45, 2.75) is 44.8 Å². The zero-order chi connectivity index (χ0) is 17.7. The summed E-state index contributed by atoms with van der Waals surface area (Å²) in [5, 5.41) is 23.2. The number of hydrogen-bond donors (Lipinski definition) is 2. The van der Waals surface area contributed by atoms with Gasteiger partial charge < -0.3 is 20.2 Å². The monoisotopic (exact) mass is 351 g/mol. The number of aliphatic hydroxyl groups excluding tert-OH is 1. The van der Waals surface area contributed by atoms with Gasteiger partial charge in [-0.1, -0.05) is 6.42 Å². The molecule has 0 bridgehead atoms. The Hall–Kier alpha value is -2.26. The molecule has 4 heterocycles. The number of fused-ring (bicyclic) bond motifs is 1. The van der Waals surface area contributed by atoms with Gasteiger partial charge in [0.25, 0.3) is 0 Å². The van der Waals surface area contributed by atoms with E-state index in [1.165, 1.54) is 38.5 Å². The van der Waals surface area contributed by atoms with Gasteiger partial charge in [-0.3, -0.25) is 0 Å². The number of nitriles is 1. The minimum absolute atomic E-state index is 0.433. The molecule has 2 N–H and O–H groups in total. The first-order valence-electron chi connectivity index (χ1n) is 9.78. The lowest BCUT2D eigenvalue weighted by atomic mass is 9.63. The summed E-state index contributed by atoms with van der Waals surface area (Å²) in [6.45, 7) is 4.01. The maximum Gasteiger partial charge on any atom is 0.162 e. The number of pyridine rings is 1. The predicted molar refractivity (Wildman–Crippen MR) is 100 cm³/mol. The molecular weight excluding hydrogens is 326 g/mol. The summed E-state index contributed by atoms with van der Waals surface area (Å²) in [5.41, 5.74) is 3.72. The smallest absolute Gasteiger partial charge is 0.162 e. The van der Waals surface area contributed by atoms with Crippen LogP contribution in [0.3, 0.4) is 0 Å². The Morgan fingerprint density at radius 3 is 2.46 bits per heavy atom. The number of aromatic nitrogens is 1. The van der Waals surface area contributed by atoms with Crippen LogP contribution in [0.5, 0.6) is 0 Å². The van der Waals surface area contributed by atoms with E-state index in [9.17, 15) is 10.4 Å². The topological polar surface area (TPSA) is 75.4 Å². The maximum atomic E-state index is 10.5. The van der Waals surface area contributed by atoms with Crippen LogP contribution in [-0.2, 0) is 0 Å². The molecular formula is C20H25N5O. The molecule has 0 aromatic carbocycles. The Kier molecular flexibility index (Phi) is 3.61. The van der Waals surface area contributed by atoms with Gasteiger partial charge in [0.05, 0.1) is 17.6 Å². The summed E-state index contributed by atoms with van der Waals surface area (Å²) >= 11 is 0. The van der Waals surface area contributed by atoms with Gasteiger partial charge in [-0.2, -0.15) is 5.26 Å². The third-order valence-corrected chi connectivity index (χ3v) is 6.82. The van der Waals surface area contributed by atoms with E-state index in [0.717, 1.165) is 48.9 Å². The van der Waals surface area contributed by atoms with E-state index in [1.807, 2.05) is 0 Å². The van der Waals surface area contributed by atoms with Crippen LogP contribution in [0.4, 0.5) is 11.5 Å². The molecule has 6 nitrogen and oxygen atoms in total. The molecule has 1 spiro atoms. The quantitative estimate of drug-likeness (QED) is 0.853. The van der Waals surface area contributed by atoms with Gasteiger partial charge in [-0.25, -0.2) is 4.98 Å². The van der Waals surface area contributed by atoms with E-state index in [1.54, 1.807) is 6.20 Å². The van der Waals surface area contributed by atoms with E-state index in [2.05, 4.69) is 32.2 Å². The van der Waals surface area contributed by atoms with Gasteiger partial charge in [0.15, 0.2) is 6.23 Å². The van der Waals surface area contributed by atoms with Gasteiger partial charge in [0.2, 0.25) is 0 Å². The second kappa shape index (κ2) is 5.88. The van der Waals surface area contributed by atoms with Gasteiger partial charge in [-0.15, -0.1) is 0 Å². The summed E-state index contributed by atoms with van der Waals surface area (Å²) < 4.78 is 0. The first-order chi connectivity index (χ1) is 12.7. The van der Waals surface area contributed by atoms with E-state index in [-0.39, 0.29) is 0 Å². The minimum Gasteiger partial charge on any atom is -0.370 e. The second-order valence-corrected chi connectivity index (χ2v) is 8.19. The molecule has 6 heteroatoms. The van der Waals surface area contributed by atoms with Gasteiger partial charge in [-0.05, 0) is 43.6 Å². The third-order valence-electron chi connectivity index (χ3n) is 6.82. The average Bonchev–Trinajstić information content (AvgIpc) is 2.58. The van der Waals surface area contributed by atoms with Crippen LogP contribution in [0, 0.1) is 16.7 Å². The Labute approximate surface area is 154 Å². The predicted octanol–water partition coefficient (Wildman–Crippen LogP) is 2.54. The van der Waals surface area contributed by atoms with Gasteiger partial charge >= 0.3 is 0 Å². The van der Waals surface area contributed by atoms with Crippen LogP contribution in [0.25, 0.3) is 5.70 Å². The van der Waals surface area contributed by atoms with Gasteiger partial charge in [0, 0.05) is 31.7 Å². The molecule has 1 atom stereocenters. The first kappa shape index (κ1) is 16.0. The molecule has 26 heavy (non-hydrogen) atoms. The number of nitrogens with zero attached hydrogens (tertiary/aromatic N) is 4. The van der Waals surface area contributed by atoms with Crippen molar-refractivity contribution < 1.29 is 5.11 Å². The molecule has 1 unspecified atom stereocenters. The standard InChI is InChI=1S/C20H25N5O/c21-12-15-18(25-9-5-20(6-10-25)3-1-4-20)14-11-17(24-7-2-8-24)22-13-16(14)23-19(15)26/h11,13,19,23,26H,1-10H2. The molecule has 1 aromatic heterocycles. The number of nitrogens with one attached hydrogen (secondary N) is 1. The fraction of sp³-hybridized carbons (Fsp3) is 0.600. The highest BCUT2D eigenvalue weighted by Crippen LogP contribution is 2.50. The van der Waals surface area contributed by atoms with Crippen molar-refractivity contribution in [3.8, 4) is 6.07 Å². The molecule has 3 fully saturated rings. The number of rotatable bonds is 2. The number of anilines is 2. The molecule has 5 rings (SSSR count). The van der Waals surface area contributed by atoms with E-state index in [0.29, 0.717) is 11.0 Å². The third kappa shape index (κ3) is 2.38. The van der Waals surface area contributed by atoms with Crippen molar-refractivity contribution in [1.29, 1.82) is 5.26 Å². The van der Waals surface area contributed by atoms with E-state index < -0.39 is 6.23 Å². The largest absolute Gasteiger partial charge is 0.370 e. The lowest BCUT2D eigenvalue weighted by Gasteiger charge is -2.49. The highest BCUT2D eigenvalue weighted by molar-refractivity contribution is 5.84. The fourth-order valence-electron chi connectivity index (χ4n) is 4.80. The Bertz CT molecular complexity index is 793. The molecule has 1 aromatic rings. The van der Waals surface area contributed by atoms with Crippen LogP contribution < -0.4 is 10.2 Å². The van der Waals surface area contributed by atoms with Crippen LogP contribution in [0.2, 0.25) is 0 Å². The van der Waals surface area contributed by atoms with Crippen LogP contribution in [0.1, 0.15) is 44.1 Å². The summed E-state index contributed by atoms with van der Waals surface area (Å²) in [6.07, 6.45) is 8.51. The molecule has 0 amide bonds. The van der Waals surface area contributed by atoms with Gasteiger partial charge in [0.1, 0.15) is 17.5 Å². The van der Waals surface area contributed by atoms with Crippen molar-refractivity contribution in [2.24, 2.45) is 5.41 Å². The molecule has 1 aliphatic carbocycles. The lowest BCUT2D eigenvalue weighted by Crippen LogP contribution is -2.44. The molecule has 4 aliphatic rings. The Morgan fingerprint density at radius 2 is 1.88 bits per heavy atom. The van der Waals surface area contributed by atoms with Crippen molar-refractivity contribution in [3.63, 3.8) is 0 Å².